The van der Waals surface area contributed by atoms with E-state index >= 15 is 0 Å². The van der Waals surface area contributed by atoms with Crippen LogP contribution in [0, 0.1) is 25.2 Å². The van der Waals surface area contributed by atoms with Crippen molar-refractivity contribution in [1.29, 1.82) is 5.26 Å². The van der Waals surface area contributed by atoms with Crippen molar-refractivity contribution in [3.63, 3.8) is 0 Å². The lowest BCUT2D eigenvalue weighted by molar-refractivity contribution is -0.119. The largest absolute Gasteiger partial charge is 0.492 e. The number of benzene rings is 2. The number of amides is 1. The number of rotatable bonds is 9. The number of anilines is 1. The normalized spacial score (nSPS) is 10.5. The molecule has 142 valence electrons. The third-order valence-corrected chi connectivity index (χ3v) is 4.16. The number of carbonyl (C=O) groups excluding carboxylic acids is 1. The third-order valence-electron chi connectivity index (χ3n) is 4.16. The van der Waals surface area contributed by atoms with Gasteiger partial charge in [-0.15, -0.1) is 0 Å². The average Bonchev–Trinajstić information content (AvgIpc) is 2.62. The van der Waals surface area contributed by atoms with E-state index in [9.17, 15) is 4.79 Å². The highest BCUT2D eigenvalue weighted by Gasteiger charge is 2.17. The van der Waals surface area contributed by atoms with Gasteiger partial charge in [0.05, 0.1) is 19.0 Å². The van der Waals surface area contributed by atoms with E-state index in [2.05, 4.69) is 12.1 Å². The molecule has 0 fully saturated rings. The Hall–Kier alpha value is -2.84. The van der Waals surface area contributed by atoms with Gasteiger partial charge < -0.3 is 9.64 Å². The van der Waals surface area contributed by atoms with Gasteiger partial charge >= 0.3 is 0 Å². The Bertz CT molecular complexity index is 764. The minimum atomic E-state index is -0.0228. The molecule has 0 heterocycles. The number of nitriles is 1. The molecule has 1 amide bonds. The fourth-order valence-corrected chi connectivity index (χ4v) is 2.90. The lowest BCUT2D eigenvalue weighted by Gasteiger charge is -2.25. The first kappa shape index (κ1) is 20.5. The van der Waals surface area contributed by atoms with Crippen LogP contribution in [0.15, 0.2) is 48.5 Å². The van der Waals surface area contributed by atoms with Gasteiger partial charge in [0.1, 0.15) is 12.4 Å². The maximum absolute atomic E-state index is 12.7. The van der Waals surface area contributed by atoms with Crippen molar-refractivity contribution in [2.24, 2.45) is 0 Å². The van der Waals surface area contributed by atoms with Gasteiger partial charge in [-0.1, -0.05) is 24.3 Å². The third kappa shape index (κ3) is 6.76. The predicted octanol–water partition coefficient (Wildman–Crippen LogP) is 3.56. The fourth-order valence-electron chi connectivity index (χ4n) is 2.90. The number of nitrogens with zero attached hydrogens (tertiary/aromatic N) is 3. The van der Waals surface area contributed by atoms with Gasteiger partial charge in [0, 0.05) is 18.8 Å². The molecule has 0 aliphatic carbocycles. The Labute approximate surface area is 161 Å². The summed E-state index contributed by atoms with van der Waals surface area (Å²) in [4.78, 5) is 16.3. The minimum Gasteiger partial charge on any atom is -0.492 e. The van der Waals surface area contributed by atoms with Gasteiger partial charge in [-0.25, -0.2) is 0 Å². The highest BCUT2D eigenvalue weighted by atomic mass is 16.5. The standard InChI is InChI=1S/C22H27N3O2/c1-18-14-19(2)16-21(15-18)27-13-12-24(3)17-22(26)25(11-7-10-23)20-8-5-4-6-9-20/h4-6,8-9,14-16H,7,11-13,17H2,1-3H3. The van der Waals surface area contributed by atoms with E-state index in [1.54, 1.807) is 4.90 Å². The van der Waals surface area contributed by atoms with Crippen molar-refractivity contribution in [3.05, 3.63) is 59.7 Å². The summed E-state index contributed by atoms with van der Waals surface area (Å²) in [6.07, 6.45) is 0.306. The summed E-state index contributed by atoms with van der Waals surface area (Å²) in [6, 6.07) is 17.7. The van der Waals surface area contributed by atoms with Gasteiger partial charge in [-0.2, -0.15) is 5.26 Å². The van der Waals surface area contributed by atoms with Crippen molar-refractivity contribution < 1.29 is 9.53 Å². The lowest BCUT2D eigenvalue weighted by atomic mass is 10.1. The molecule has 5 nitrogen and oxygen atoms in total. The van der Waals surface area contributed by atoms with E-state index < -0.39 is 0 Å². The van der Waals surface area contributed by atoms with Gasteiger partial charge in [0.2, 0.25) is 5.91 Å². The fraction of sp³-hybridized carbons (Fsp3) is 0.364. The zero-order valence-corrected chi connectivity index (χ0v) is 16.3. The first-order chi connectivity index (χ1) is 13.0. The highest BCUT2D eigenvalue weighted by molar-refractivity contribution is 5.94. The zero-order valence-electron chi connectivity index (χ0n) is 16.3. The highest BCUT2D eigenvalue weighted by Crippen LogP contribution is 2.16. The topological polar surface area (TPSA) is 56.6 Å². The molecule has 0 N–H and O–H groups in total. The van der Waals surface area contributed by atoms with Crippen LogP contribution in [-0.4, -0.2) is 44.1 Å². The molecule has 0 unspecified atom stereocenters. The smallest absolute Gasteiger partial charge is 0.241 e. The summed E-state index contributed by atoms with van der Waals surface area (Å²) in [5.74, 6) is 0.831. The van der Waals surface area contributed by atoms with Crippen molar-refractivity contribution in [2.45, 2.75) is 20.3 Å². The molecule has 0 aromatic heterocycles. The molecule has 0 bridgehead atoms. The first-order valence-electron chi connectivity index (χ1n) is 9.11. The second kappa shape index (κ2) is 10.3. The van der Waals surface area contributed by atoms with Crippen LogP contribution in [0.25, 0.3) is 0 Å². The van der Waals surface area contributed by atoms with E-state index in [0.717, 1.165) is 11.4 Å². The molecule has 5 heteroatoms. The van der Waals surface area contributed by atoms with E-state index in [1.807, 2.05) is 68.3 Å². The van der Waals surface area contributed by atoms with Crippen LogP contribution in [0.2, 0.25) is 0 Å². The number of hydrogen-bond donors (Lipinski definition) is 0. The van der Waals surface area contributed by atoms with Gasteiger partial charge in [0.25, 0.3) is 0 Å². The summed E-state index contributed by atoms with van der Waals surface area (Å²) >= 11 is 0. The van der Waals surface area contributed by atoms with E-state index in [1.165, 1.54) is 11.1 Å². The first-order valence-corrected chi connectivity index (χ1v) is 9.11. The summed E-state index contributed by atoms with van der Waals surface area (Å²) in [6.45, 7) is 5.91. The van der Waals surface area contributed by atoms with Crippen LogP contribution in [-0.2, 0) is 4.79 Å². The summed E-state index contributed by atoms with van der Waals surface area (Å²) in [5.41, 5.74) is 3.16. The number of aryl methyl sites for hydroxylation is 2. The summed E-state index contributed by atoms with van der Waals surface area (Å²) < 4.78 is 5.82. The molecular weight excluding hydrogens is 338 g/mol. The van der Waals surface area contributed by atoms with Crippen molar-refractivity contribution in [2.75, 3.05) is 38.2 Å². The monoisotopic (exact) mass is 365 g/mol. The maximum Gasteiger partial charge on any atom is 0.241 e. The van der Waals surface area contributed by atoms with Crippen LogP contribution < -0.4 is 9.64 Å². The number of carbonyl (C=O) groups is 1. The summed E-state index contributed by atoms with van der Waals surface area (Å²) in [7, 11) is 1.90. The van der Waals surface area contributed by atoms with E-state index in [-0.39, 0.29) is 12.5 Å². The van der Waals surface area contributed by atoms with Crippen LogP contribution in [0.1, 0.15) is 17.5 Å². The second-order valence-electron chi connectivity index (χ2n) is 6.70. The van der Waals surface area contributed by atoms with Crippen LogP contribution in [0.4, 0.5) is 5.69 Å². The molecule has 2 aromatic carbocycles. The van der Waals surface area contributed by atoms with Crippen LogP contribution in [0.5, 0.6) is 5.75 Å². The molecule has 0 saturated heterocycles. The minimum absolute atomic E-state index is 0.0228. The molecule has 2 rings (SSSR count). The number of para-hydroxylation sites is 1. The Morgan fingerprint density at radius 1 is 1.07 bits per heavy atom. The van der Waals surface area contributed by atoms with E-state index in [0.29, 0.717) is 26.1 Å². The second-order valence-corrected chi connectivity index (χ2v) is 6.70. The Balaban J connectivity index is 1.87. The molecule has 2 aromatic rings. The average molecular weight is 365 g/mol. The molecule has 0 atom stereocenters. The molecular formula is C22H27N3O2. The number of hydrogen-bond acceptors (Lipinski definition) is 4. The van der Waals surface area contributed by atoms with Gasteiger partial charge in [-0.05, 0) is 56.3 Å². The van der Waals surface area contributed by atoms with Crippen LogP contribution >= 0.6 is 0 Å². The molecule has 0 aliphatic heterocycles. The van der Waals surface area contributed by atoms with Gasteiger partial charge in [-0.3, -0.25) is 9.69 Å². The number of likely N-dealkylation sites (N-methyl/N-ethyl adjacent to an activating group) is 1. The Morgan fingerprint density at radius 2 is 1.74 bits per heavy atom. The van der Waals surface area contributed by atoms with E-state index in [4.69, 9.17) is 10.00 Å². The maximum atomic E-state index is 12.7. The molecule has 0 spiro atoms. The number of ether oxygens (including phenoxy) is 1. The molecule has 0 radical (unpaired) electrons. The quantitative estimate of drug-likeness (QED) is 0.682. The predicted molar refractivity (Wildman–Crippen MR) is 108 cm³/mol. The summed E-state index contributed by atoms with van der Waals surface area (Å²) in [5, 5.41) is 8.87. The van der Waals surface area contributed by atoms with Crippen LogP contribution in [0.3, 0.4) is 0 Å². The van der Waals surface area contributed by atoms with Crippen molar-refractivity contribution >= 4 is 11.6 Å². The lowest BCUT2D eigenvalue weighted by Crippen LogP contribution is -2.40. The van der Waals surface area contributed by atoms with Gasteiger partial charge in [0.15, 0.2) is 0 Å². The zero-order chi connectivity index (χ0) is 19.6. The molecule has 0 saturated carbocycles. The SMILES string of the molecule is Cc1cc(C)cc(OCCN(C)CC(=O)N(CCC#N)c2ccccc2)c1. The molecule has 0 aliphatic rings. The van der Waals surface area contributed by atoms with Crippen molar-refractivity contribution in [1.82, 2.24) is 4.90 Å². The Kier molecular flexibility index (Phi) is 7.84. The Morgan fingerprint density at radius 3 is 2.37 bits per heavy atom. The van der Waals surface area contributed by atoms with Crippen molar-refractivity contribution in [3.8, 4) is 11.8 Å². The molecule has 27 heavy (non-hydrogen) atoms.